The summed E-state index contributed by atoms with van der Waals surface area (Å²) in [6, 6.07) is 27.8. The van der Waals surface area contributed by atoms with E-state index in [1.807, 2.05) is 110 Å². The zero-order valence-corrected chi connectivity index (χ0v) is 25.0. The number of carbonyl (C=O) groups is 3. The highest BCUT2D eigenvalue weighted by Crippen LogP contribution is 2.42. The maximum Gasteiger partial charge on any atom is 0.356 e. The van der Waals surface area contributed by atoms with Crippen LogP contribution in [0, 0.1) is 6.92 Å². The SMILES string of the molecule is Cc1ncsc1C=CC1=C(C(=O)OC(c2ccccc2)c2ccccc2)N2C(=O)C(NC(=O)Cc3ccccc3)C2SC1. The number of thioether (sulfide) groups is 1. The van der Waals surface area contributed by atoms with Crippen LogP contribution in [0.4, 0.5) is 0 Å². The second-order valence-corrected chi connectivity index (χ2v) is 12.2. The van der Waals surface area contributed by atoms with Crippen LogP contribution in [0.5, 0.6) is 0 Å². The number of thiazole rings is 1. The molecule has 1 aromatic heterocycles. The van der Waals surface area contributed by atoms with E-state index in [1.54, 1.807) is 5.51 Å². The van der Waals surface area contributed by atoms with Gasteiger partial charge in [-0.1, -0.05) is 97.1 Å². The Labute approximate surface area is 258 Å². The first-order valence-electron chi connectivity index (χ1n) is 13.9. The molecule has 2 aliphatic rings. The molecule has 0 bridgehead atoms. The Kier molecular flexibility index (Phi) is 8.53. The molecule has 2 atom stereocenters. The van der Waals surface area contributed by atoms with Crippen molar-refractivity contribution >= 4 is 47.0 Å². The predicted molar refractivity (Wildman–Crippen MR) is 169 cm³/mol. The highest BCUT2D eigenvalue weighted by Gasteiger charge is 2.54. The molecule has 2 amide bonds. The first-order valence-corrected chi connectivity index (χ1v) is 15.8. The maximum absolute atomic E-state index is 14.1. The molecule has 0 spiro atoms. The van der Waals surface area contributed by atoms with Crippen molar-refractivity contribution in [3.63, 3.8) is 0 Å². The number of aromatic nitrogens is 1. The van der Waals surface area contributed by atoms with Crippen molar-refractivity contribution < 1.29 is 19.1 Å². The second kappa shape index (κ2) is 12.8. The number of aryl methyl sites for hydroxylation is 1. The van der Waals surface area contributed by atoms with Crippen LogP contribution in [0.3, 0.4) is 0 Å². The number of carbonyl (C=O) groups excluding carboxylic acids is 3. The van der Waals surface area contributed by atoms with Gasteiger partial charge in [0.2, 0.25) is 5.91 Å². The summed E-state index contributed by atoms with van der Waals surface area (Å²) in [5.74, 6) is -0.690. The van der Waals surface area contributed by atoms with Gasteiger partial charge in [0.1, 0.15) is 17.1 Å². The van der Waals surface area contributed by atoms with Crippen LogP contribution in [0.15, 0.2) is 114 Å². The molecular formula is C34H29N3O4S2. The zero-order valence-electron chi connectivity index (χ0n) is 23.4. The summed E-state index contributed by atoms with van der Waals surface area (Å²) < 4.78 is 6.22. The molecule has 9 heteroatoms. The Balaban J connectivity index is 1.29. The molecule has 2 unspecified atom stereocenters. The van der Waals surface area contributed by atoms with Crippen molar-refractivity contribution in [3.8, 4) is 0 Å². The van der Waals surface area contributed by atoms with Gasteiger partial charge < -0.3 is 10.1 Å². The van der Waals surface area contributed by atoms with Crippen molar-refractivity contribution in [3.05, 3.63) is 141 Å². The number of allylic oxidation sites excluding steroid dienone is 1. The third-order valence-corrected chi connectivity index (χ3v) is 9.56. The monoisotopic (exact) mass is 607 g/mol. The van der Waals surface area contributed by atoms with Gasteiger partial charge in [-0.15, -0.1) is 23.1 Å². The van der Waals surface area contributed by atoms with E-state index in [9.17, 15) is 14.4 Å². The Morgan fingerprint density at radius 2 is 1.60 bits per heavy atom. The van der Waals surface area contributed by atoms with Crippen LogP contribution in [0.1, 0.15) is 33.4 Å². The average molecular weight is 608 g/mol. The van der Waals surface area contributed by atoms with Crippen LogP contribution in [-0.4, -0.2) is 44.8 Å². The number of hydrogen-bond donors (Lipinski definition) is 1. The van der Waals surface area contributed by atoms with Crippen molar-refractivity contribution in [2.45, 2.75) is 30.9 Å². The quantitative estimate of drug-likeness (QED) is 0.194. The van der Waals surface area contributed by atoms with Gasteiger partial charge in [0.15, 0.2) is 6.10 Å². The van der Waals surface area contributed by atoms with Crippen LogP contribution in [-0.2, 0) is 25.5 Å². The topological polar surface area (TPSA) is 88.6 Å². The largest absolute Gasteiger partial charge is 0.448 e. The third kappa shape index (κ3) is 6.18. The first kappa shape index (κ1) is 28.6. The molecule has 0 aliphatic carbocycles. The minimum Gasteiger partial charge on any atom is -0.448 e. The van der Waals surface area contributed by atoms with E-state index < -0.39 is 23.5 Å². The molecule has 6 rings (SSSR count). The molecule has 1 saturated heterocycles. The van der Waals surface area contributed by atoms with E-state index in [4.69, 9.17) is 4.74 Å². The van der Waals surface area contributed by atoms with Crippen molar-refractivity contribution in [2.75, 3.05) is 5.75 Å². The lowest BCUT2D eigenvalue weighted by atomic mass is 10.00. The lowest BCUT2D eigenvalue weighted by Gasteiger charge is -2.49. The first-order chi connectivity index (χ1) is 21.0. The second-order valence-electron chi connectivity index (χ2n) is 10.2. The fourth-order valence-electron chi connectivity index (χ4n) is 5.16. The number of ether oxygens (including phenoxy) is 1. The molecule has 216 valence electrons. The van der Waals surface area contributed by atoms with Gasteiger partial charge in [0.25, 0.3) is 5.91 Å². The van der Waals surface area contributed by atoms with E-state index in [0.29, 0.717) is 11.3 Å². The van der Waals surface area contributed by atoms with Gasteiger partial charge in [-0.3, -0.25) is 14.5 Å². The number of rotatable bonds is 9. The fraction of sp³-hybridized carbons (Fsp3) is 0.176. The molecule has 0 radical (unpaired) electrons. The number of nitrogens with one attached hydrogen (secondary N) is 1. The van der Waals surface area contributed by atoms with Gasteiger partial charge in [-0.25, -0.2) is 9.78 Å². The lowest BCUT2D eigenvalue weighted by Crippen LogP contribution is -2.70. The summed E-state index contributed by atoms with van der Waals surface area (Å²) in [4.78, 5) is 47.3. The number of esters is 1. The minimum atomic E-state index is -0.725. The van der Waals surface area contributed by atoms with E-state index in [0.717, 1.165) is 27.3 Å². The Hall–Kier alpha value is -4.47. The lowest BCUT2D eigenvalue weighted by molar-refractivity contribution is -0.154. The van der Waals surface area contributed by atoms with Gasteiger partial charge in [-0.2, -0.15) is 0 Å². The van der Waals surface area contributed by atoms with Crippen LogP contribution < -0.4 is 5.32 Å². The Bertz CT molecular complexity index is 1650. The molecule has 0 saturated carbocycles. The van der Waals surface area contributed by atoms with Crippen molar-refractivity contribution in [1.82, 2.24) is 15.2 Å². The molecule has 3 heterocycles. The summed E-state index contributed by atoms with van der Waals surface area (Å²) in [5, 5.41) is 2.48. The van der Waals surface area contributed by atoms with E-state index in [2.05, 4.69) is 10.3 Å². The smallest absolute Gasteiger partial charge is 0.356 e. The van der Waals surface area contributed by atoms with Gasteiger partial charge in [-0.05, 0) is 35.3 Å². The minimum absolute atomic E-state index is 0.171. The molecule has 2 aliphatic heterocycles. The number of nitrogens with zero attached hydrogens (tertiary/aromatic N) is 2. The number of hydrogen-bond acceptors (Lipinski definition) is 7. The zero-order chi connectivity index (χ0) is 29.8. The number of amides is 2. The standard InChI is InChI=1S/C34H29N3O4S2/c1-22-27(43-21-35-22)18-17-26-20-42-33-29(36-28(38)19-23-11-5-2-6-12-23)32(39)37(33)30(26)34(40)41-31(24-13-7-3-8-14-24)25-15-9-4-10-16-25/h2-18,21,29,31,33H,19-20H2,1H3,(H,36,38). The van der Waals surface area contributed by atoms with Gasteiger partial charge >= 0.3 is 5.97 Å². The molecule has 7 nitrogen and oxygen atoms in total. The van der Waals surface area contributed by atoms with E-state index in [1.165, 1.54) is 28.0 Å². The maximum atomic E-state index is 14.1. The number of fused-ring (bicyclic) bond motifs is 1. The third-order valence-electron chi connectivity index (χ3n) is 7.36. The Morgan fingerprint density at radius 3 is 2.21 bits per heavy atom. The van der Waals surface area contributed by atoms with Gasteiger partial charge in [0.05, 0.1) is 17.6 Å². The predicted octanol–water partition coefficient (Wildman–Crippen LogP) is 5.69. The van der Waals surface area contributed by atoms with Crippen molar-refractivity contribution in [2.24, 2.45) is 0 Å². The summed E-state index contributed by atoms with van der Waals surface area (Å²) in [5.41, 5.74) is 6.06. The highest BCUT2D eigenvalue weighted by molar-refractivity contribution is 8.00. The highest BCUT2D eigenvalue weighted by atomic mass is 32.2. The van der Waals surface area contributed by atoms with E-state index >= 15 is 0 Å². The molecule has 3 aromatic carbocycles. The summed E-state index contributed by atoms with van der Waals surface area (Å²) in [7, 11) is 0. The normalized spacial score (nSPS) is 18.0. The summed E-state index contributed by atoms with van der Waals surface area (Å²) >= 11 is 3.02. The van der Waals surface area contributed by atoms with Crippen molar-refractivity contribution in [1.29, 1.82) is 0 Å². The molecular weight excluding hydrogens is 579 g/mol. The molecule has 43 heavy (non-hydrogen) atoms. The summed E-state index contributed by atoms with van der Waals surface area (Å²) in [6.07, 6.45) is 3.30. The van der Waals surface area contributed by atoms with E-state index in [-0.39, 0.29) is 23.9 Å². The average Bonchev–Trinajstić information content (AvgIpc) is 3.46. The number of benzene rings is 3. The summed E-state index contributed by atoms with van der Waals surface area (Å²) in [6.45, 7) is 1.93. The van der Waals surface area contributed by atoms with Crippen LogP contribution in [0.2, 0.25) is 0 Å². The van der Waals surface area contributed by atoms with Gasteiger partial charge in [0, 0.05) is 10.6 Å². The Morgan fingerprint density at radius 1 is 0.977 bits per heavy atom. The van der Waals surface area contributed by atoms with Crippen LogP contribution in [0.25, 0.3) is 6.08 Å². The number of β-lactam (4-membered cyclic amide) rings is 1. The fourth-order valence-corrected chi connectivity index (χ4v) is 7.17. The van der Waals surface area contributed by atoms with Crippen LogP contribution >= 0.6 is 23.1 Å². The molecule has 1 N–H and O–H groups in total. The molecule has 1 fully saturated rings. The molecule has 4 aromatic rings.